The first-order valence-electron chi connectivity index (χ1n) is 9.13. The molecule has 9 heteroatoms. The van der Waals surface area contributed by atoms with Crippen LogP contribution in [-0.2, 0) is 16.9 Å². The Kier molecular flexibility index (Phi) is 5.32. The lowest BCUT2D eigenvalue weighted by atomic mass is 10.1. The fourth-order valence-corrected chi connectivity index (χ4v) is 3.09. The van der Waals surface area contributed by atoms with Crippen LogP contribution in [0.3, 0.4) is 0 Å². The molecule has 29 heavy (non-hydrogen) atoms. The van der Waals surface area contributed by atoms with Crippen LogP contribution < -0.4 is 20.3 Å². The van der Waals surface area contributed by atoms with Gasteiger partial charge in [-0.2, -0.15) is 10.2 Å². The number of ether oxygens (including phenoxy) is 2. The lowest BCUT2D eigenvalue weighted by Gasteiger charge is -2.20. The SMILES string of the molecule is COc1ccc(NC(=O)Cn2nc(C)c3cnn(C(C)(C)C)c3c2=O)cc1OC. The van der Waals surface area contributed by atoms with Crippen molar-refractivity contribution < 1.29 is 14.3 Å². The van der Waals surface area contributed by atoms with Crippen LogP contribution in [0.2, 0.25) is 0 Å². The van der Waals surface area contributed by atoms with Crippen molar-refractivity contribution in [3.8, 4) is 11.5 Å². The minimum Gasteiger partial charge on any atom is -0.493 e. The van der Waals surface area contributed by atoms with Crippen LogP contribution in [0.5, 0.6) is 11.5 Å². The second kappa shape index (κ2) is 7.57. The molecule has 154 valence electrons. The van der Waals surface area contributed by atoms with Crippen molar-refractivity contribution in [2.45, 2.75) is 39.8 Å². The molecule has 0 spiro atoms. The van der Waals surface area contributed by atoms with Crippen LogP contribution >= 0.6 is 0 Å². The molecule has 1 N–H and O–H groups in total. The van der Waals surface area contributed by atoms with E-state index < -0.39 is 0 Å². The van der Waals surface area contributed by atoms with Gasteiger partial charge in [0.1, 0.15) is 12.1 Å². The summed E-state index contributed by atoms with van der Waals surface area (Å²) in [4.78, 5) is 25.6. The van der Waals surface area contributed by atoms with E-state index in [9.17, 15) is 9.59 Å². The van der Waals surface area contributed by atoms with E-state index in [0.717, 1.165) is 4.68 Å². The molecule has 9 nitrogen and oxygen atoms in total. The quantitative estimate of drug-likeness (QED) is 0.707. The van der Waals surface area contributed by atoms with Crippen molar-refractivity contribution in [3.63, 3.8) is 0 Å². The van der Waals surface area contributed by atoms with Gasteiger partial charge in [-0.15, -0.1) is 0 Å². The van der Waals surface area contributed by atoms with Crippen LogP contribution in [0, 0.1) is 6.92 Å². The highest BCUT2D eigenvalue weighted by Gasteiger charge is 2.22. The molecular formula is C20H25N5O4. The third-order valence-electron chi connectivity index (χ3n) is 4.46. The standard InChI is InChI=1S/C20H25N5O4/c1-12-14-10-21-25(20(2,3)4)18(14)19(27)24(23-12)11-17(26)22-13-7-8-15(28-5)16(9-13)29-6/h7-10H,11H2,1-6H3,(H,22,26). The predicted molar refractivity (Wildman–Crippen MR) is 110 cm³/mol. The number of carbonyl (C=O) groups excluding carboxylic acids is 1. The smallest absolute Gasteiger partial charge is 0.293 e. The van der Waals surface area contributed by atoms with Gasteiger partial charge in [-0.25, -0.2) is 4.68 Å². The van der Waals surface area contributed by atoms with E-state index in [1.165, 1.54) is 14.2 Å². The second-order valence-electron chi connectivity index (χ2n) is 7.66. The van der Waals surface area contributed by atoms with E-state index in [4.69, 9.17) is 9.47 Å². The molecule has 0 atom stereocenters. The molecule has 0 aliphatic heterocycles. The fourth-order valence-electron chi connectivity index (χ4n) is 3.09. The number of rotatable bonds is 5. The number of aromatic nitrogens is 4. The van der Waals surface area contributed by atoms with E-state index in [-0.39, 0.29) is 23.6 Å². The summed E-state index contributed by atoms with van der Waals surface area (Å²) in [6.45, 7) is 7.45. The van der Waals surface area contributed by atoms with Gasteiger partial charge in [-0.1, -0.05) is 0 Å². The highest BCUT2D eigenvalue weighted by atomic mass is 16.5. The summed E-state index contributed by atoms with van der Waals surface area (Å²) in [6, 6.07) is 5.03. The largest absolute Gasteiger partial charge is 0.493 e. The Balaban J connectivity index is 1.91. The number of hydrogen-bond acceptors (Lipinski definition) is 6. The Morgan fingerprint density at radius 3 is 2.48 bits per heavy atom. The van der Waals surface area contributed by atoms with Crippen molar-refractivity contribution in [1.82, 2.24) is 19.6 Å². The van der Waals surface area contributed by atoms with E-state index in [2.05, 4.69) is 15.5 Å². The van der Waals surface area contributed by atoms with Crippen LogP contribution in [0.1, 0.15) is 26.5 Å². The Bertz CT molecular complexity index is 1120. The fraction of sp³-hybridized carbons (Fsp3) is 0.400. The number of carbonyl (C=O) groups is 1. The first-order chi connectivity index (χ1) is 13.7. The van der Waals surface area contributed by atoms with Gasteiger partial charge in [0.15, 0.2) is 11.5 Å². The van der Waals surface area contributed by atoms with E-state index in [0.29, 0.717) is 33.8 Å². The second-order valence-corrected chi connectivity index (χ2v) is 7.66. The summed E-state index contributed by atoms with van der Waals surface area (Å²) < 4.78 is 13.3. The van der Waals surface area contributed by atoms with Crippen molar-refractivity contribution in [1.29, 1.82) is 0 Å². The number of fused-ring (bicyclic) bond motifs is 1. The zero-order valence-corrected chi connectivity index (χ0v) is 17.4. The topological polar surface area (TPSA) is 100 Å². The molecule has 3 rings (SSSR count). The van der Waals surface area contributed by atoms with Gasteiger partial charge in [0.2, 0.25) is 5.91 Å². The average molecular weight is 399 g/mol. The van der Waals surface area contributed by atoms with Crippen LogP contribution in [0.4, 0.5) is 5.69 Å². The molecule has 3 aromatic rings. The maximum absolute atomic E-state index is 13.0. The zero-order valence-electron chi connectivity index (χ0n) is 17.4. The molecule has 0 aliphatic carbocycles. The predicted octanol–water partition coefficient (Wildman–Crippen LogP) is 2.31. The number of hydrogen-bond donors (Lipinski definition) is 1. The lowest BCUT2D eigenvalue weighted by molar-refractivity contribution is -0.117. The Labute approximate surface area is 168 Å². The number of aryl methyl sites for hydroxylation is 1. The molecule has 1 aromatic carbocycles. The molecule has 0 radical (unpaired) electrons. The number of nitrogens with one attached hydrogen (secondary N) is 1. The summed E-state index contributed by atoms with van der Waals surface area (Å²) in [5, 5.41) is 12.1. The van der Waals surface area contributed by atoms with Crippen molar-refractivity contribution in [2.24, 2.45) is 0 Å². The lowest BCUT2D eigenvalue weighted by Crippen LogP contribution is -2.33. The van der Waals surface area contributed by atoms with Gasteiger partial charge in [-0.05, 0) is 39.8 Å². The third kappa shape index (κ3) is 3.94. The molecular weight excluding hydrogens is 374 g/mol. The summed E-state index contributed by atoms with van der Waals surface area (Å²) in [5.41, 5.74) is 0.852. The maximum Gasteiger partial charge on any atom is 0.293 e. The van der Waals surface area contributed by atoms with Crippen LogP contribution in [0.25, 0.3) is 10.9 Å². The molecule has 0 fully saturated rings. The van der Waals surface area contributed by atoms with Crippen molar-refractivity contribution in [2.75, 3.05) is 19.5 Å². The number of benzene rings is 1. The zero-order chi connectivity index (χ0) is 21.3. The third-order valence-corrected chi connectivity index (χ3v) is 4.46. The van der Waals surface area contributed by atoms with Gasteiger partial charge < -0.3 is 14.8 Å². The van der Waals surface area contributed by atoms with E-state index in [1.54, 1.807) is 36.0 Å². The Morgan fingerprint density at radius 1 is 1.17 bits per heavy atom. The monoisotopic (exact) mass is 399 g/mol. The van der Waals surface area contributed by atoms with Crippen LogP contribution in [0.15, 0.2) is 29.2 Å². The number of amides is 1. The molecule has 0 saturated heterocycles. The summed E-state index contributed by atoms with van der Waals surface area (Å²) >= 11 is 0. The van der Waals surface area contributed by atoms with Gasteiger partial charge in [0, 0.05) is 17.1 Å². The number of nitrogens with zero attached hydrogens (tertiary/aromatic N) is 4. The first kappa shape index (κ1) is 20.4. The molecule has 0 aliphatic rings. The molecule has 0 unspecified atom stereocenters. The van der Waals surface area contributed by atoms with Gasteiger partial charge >= 0.3 is 0 Å². The molecule has 0 bridgehead atoms. The summed E-state index contributed by atoms with van der Waals surface area (Å²) in [5.74, 6) is 0.666. The highest BCUT2D eigenvalue weighted by Crippen LogP contribution is 2.29. The van der Waals surface area contributed by atoms with E-state index >= 15 is 0 Å². The van der Waals surface area contributed by atoms with Crippen molar-refractivity contribution in [3.05, 3.63) is 40.4 Å². The first-order valence-corrected chi connectivity index (χ1v) is 9.13. The molecule has 2 aromatic heterocycles. The Morgan fingerprint density at radius 2 is 1.86 bits per heavy atom. The average Bonchev–Trinajstić information content (AvgIpc) is 3.12. The van der Waals surface area contributed by atoms with Gasteiger partial charge in [0.05, 0.1) is 31.6 Å². The molecule has 2 heterocycles. The highest BCUT2D eigenvalue weighted by molar-refractivity contribution is 5.91. The maximum atomic E-state index is 13.0. The number of anilines is 1. The van der Waals surface area contributed by atoms with Crippen LogP contribution in [-0.4, -0.2) is 39.7 Å². The normalized spacial score (nSPS) is 11.5. The van der Waals surface area contributed by atoms with Gasteiger partial charge in [-0.3, -0.25) is 14.3 Å². The van der Waals surface area contributed by atoms with Gasteiger partial charge in [0.25, 0.3) is 5.56 Å². The van der Waals surface area contributed by atoms with E-state index in [1.807, 2.05) is 20.8 Å². The Hall–Kier alpha value is -3.36. The molecule has 1 amide bonds. The summed E-state index contributed by atoms with van der Waals surface area (Å²) in [6.07, 6.45) is 1.64. The number of methoxy groups -OCH3 is 2. The molecule has 0 saturated carbocycles. The van der Waals surface area contributed by atoms with Crippen molar-refractivity contribution >= 4 is 22.5 Å². The minimum atomic E-state index is -0.382. The minimum absolute atomic E-state index is 0.223. The summed E-state index contributed by atoms with van der Waals surface area (Å²) in [7, 11) is 3.05.